The Morgan fingerprint density at radius 1 is 1.00 bits per heavy atom. The number of methoxy groups -OCH3 is 1. The molecule has 0 bridgehead atoms. The van der Waals surface area contributed by atoms with Crippen LogP contribution >= 0.6 is 23.7 Å². The number of rotatable bonds is 8. The van der Waals surface area contributed by atoms with E-state index >= 15 is 4.39 Å². The number of phenolic OH excluding ortho intramolecular Hbond substituents is 1. The van der Waals surface area contributed by atoms with Crippen LogP contribution in [-0.4, -0.2) is 35.6 Å². The molecule has 1 heterocycles. The predicted octanol–water partition coefficient (Wildman–Crippen LogP) is 8.23. The molecule has 1 unspecified atom stereocenters. The van der Waals surface area contributed by atoms with Gasteiger partial charge in [0.25, 0.3) is 0 Å². The van der Waals surface area contributed by atoms with E-state index in [4.69, 9.17) is 9.84 Å². The van der Waals surface area contributed by atoms with E-state index in [1.165, 1.54) is 19.2 Å². The molecule has 18 heteroatoms. The third-order valence-electron chi connectivity index (χ3n) is 6.18. The molecule has 3 aromatic rings. The van der Waals surface area contributed by atoms with Crippen molar-refractivity contribution < 1.29 is 101 Å². The molecule has 44 heavy (non-hydrogen) atoms. The molecule has 6 nitrogen and oxygen atoms in total. The Labute approximate surface area is 284 Å². The minimum atomic E-state index is -6.30. The summed E-state index contributed by atoms with van der Waals surface area (Å²) in [5.41, 5.74) is -8.40. The van der Waals surface area contributed by atoms with Crippen molar-refractivity contribution in [3.8, 4) is 22.6 Å². The number of carbonyl (C=O) groups is 1. The number of hydrogen-bond donors (Lipinski definition) is 4. The molecule has 0 saturated heterocycles. The van der Waals surface area contributed by atoms with Crippen molar-refractivity contribution in [2.75, 3.05) is 11.8 Å². The molecule has 0 saturated carbocycles. The van der Waals surface area contributed by atoms with E-state index in [2.05, 4.69) is 10.0 Å². The maximum atomic E-state index is 15.2. The zero-order valence-corrected chi connectivity index (χ0v) is 27.1. The zero-order valence-electron chi connectivity index (χ0n) is 21.8. The normalized spacial score (nSPS) is 15.2. The maximum absolute atomic E-state index is 15.2. The van der Waals surface area contributed by atoms with Crippen molar-refractivity contribution in [2.45, 2.75) is 23.4 Å². The van der Waals surface area contributed by atoms with Gasteiger partial charge in [0, 0.05) is 81.4 Å². The Morgan fingerprint density at radius 2 is 1.61 bits per heavy atom. The SMILES string of the molecule is COc1cc(C(=O)O)c(F)cc1NSC1=CSC(c2ccc(-c3ccc(C(F)(C(F)(F)F)C(F)(F)F)cc3)c(O)c2F)N1.[Pr]. The summed E-state index contributed by atoms with van der Waals surface area (Å²) in [6.07, 6.45) is -12.6. The number of aromatic carboxylic acids is 1. The number of thioether (sulfide) groups is 1. The molecular weight excluding hydrogens is 780 g/mol. The molecule has 0 amide bonds. The van der Waals surface area contributed by atoms with E-state index in [0.29, 0.717) is 17.2 Å². The molecule has 0 aromatic heterocycles. The first-order chi connectivity index (χ1) is 20.0. The van der Waals surface area contributed by atoms with Gasteiger partial charge in [-0.15, -0.1) is 11.8 Å². The molecule has 1 aliphatic rings. The van der Waals surface area contributed by atoms with E-state index in [1.54, 1.807) is 5.41 Å². The Kier molecular flexibility index (Phi) is 11.0. The van der Waals surface area contributed by atoms with Gasteiger partial charge in [0.2, 0.25) is 0 Å². The fourth-order valence-electron chi connectivity index (χ4n) is 3.99. The maximum Gasteiger partial charge on any atom is 0.435 e. The number of anilines is 1. The van der Waals surface area contributed by atoms with Crippen LogP contribution in [0.3, 0.4) is 0 Å². The predicted molar refractivity (Wildman–Crippen MR) is 141 cm³/mol. The second-order valence-electron chi connectivity index (χ2n) is 8.78. The van der Waals surface area contributed by atoms with Crippen molar-refractivity contribution in [3.05, 3.63) is 87.3 Å². The Hall–Kier alpha value is -2.50. The molecule has 0 spiro atoms. The Balaban J connectivity index is 0.00000529. The number of carboxylic acid groups (broad SMARTS) is 1. The van der Waals surface area contributed by atoms with Crippen molar-refractivity contribution in [1.82, 2.24) is 5.32 Å². The number of aromatic hydroxyl groups is 1. The summed E-state index contributed by atoms with van der Waals surface area (Å²) in [6.45, 7) is 0. The first kappa shape index (κ1) is 36.0. The van der Waals surface area contributed by atoms with Gasteiger partial charge in [-0.2, -0.15) is 26.3 Å². The third kappa shape index (κ3) is 6.84. The second kappa shape index (κ2) is 13.5. The number of benzene rings is 3. The van der Waals surface area contributed by atoms with E-state index in [-0.39, 0.29) is 81.6 Å². The number of nitrogens with one attached hydrogen (secondary N) is 2. The number of hydrogen-bond acceptors (Lipinski definition) is 7. The molecule has 1 aliphatic heterocycles. The van der Waals surface area contributed by atoms with Gasteiger partial charge < -0.3 is 25.0 Å². The minimum absolute atomic E-state index is 0. The average Bonchev–Trinajstić information content (AvgIpc) is 3.40. The van der Waals surface area contributed by atoms with Gasteiger partial charge in [-0.3, -0.25) is 0 Å². The topological polar surface area (TPSA) is 90.8 Å². The van der Waals surface area contributed by atoms with Crippen LogP contribution < -0.4 is 14.8 Å². The van der Waals surface area contributed by atoms with Gasteiger partial charge in [0.05, 0.1) is 23.4 Å². The van der Waals surface area contributed by atoms with E-state index in [9.17, 15) is 45.0 Å². The quantitative estimate of drug-likeness (QED) is 0.134. The van der Waals surface area contributed by atoms with Gasteiger partial charge in [-0.1, -0.05) is 36.4 Å². The van der Waals surface area contributed by atoms with Crippen LogP contribution in [0, 0.1) is 52.9 Å². The molecule has 233 valence electrons. The van der Waals surface area contributed by atoms with Gasteiger partial charge in [0.1, 0.15) is 16.9 Å². The van der Waals surface area contributed by atoms with Crippen LogP contribution in [0.25, 0.3) is 11.1 Å². The molecule has 1 atom stereocenters. The van der Waals surface area contributed by atoms with Gasteiger partial charge in [-0.05, 0) is 11.6 Å². The standard InChI is InChI=1S/C26H17F9N2O4S2.Pr/c1-41-18-8-15(23(39)40)16(27)9-17(18)37-43-19-10-42-22(36-19)14-7-6-13(21(38)20(14)28)11-2-4-12(5-3-11)24(29,25(30,31)32)26(33,34)35;/h2-10,22,36-38H,1H3,(H,39,40);. The van der Waals surface area contributed by atoms with Crippen LogP contribution in [0.15, 0.2) is 59.0 Å². The number of phenols is 1. The van der Waals surface area contributed by atoms with Crippen LogP contribution in [0.4, 0.5) is 45.2 Å². The summed E-state index contributed by atoms with van der Waals surface area (Å²) in [4.78, 5) is 11.1. The first-order valence-electron chi connectivity index (χ1n) is 11.6. The number of ether oxygens (including phenoxy) is 1. The summed E-state index contributed by atoms with van der Waals surface area (Å²) in [7, 11) is 1.25. The van der Waals surface area contributed by atoms with Crippen LogP contribution in [0.1, 0.15) is 26.9 Å². The van der Waals surface area contributed by atoms with Gasteiger partial charge >= 0.3 is 24.0 Å². The fourth-order valence-corrected chi connectivity index (χ4v) is 5.83. The third-order valence-corrected chi connectivity index (χ3v) is 8.12. The van der Waals surface area contributed by atoms with E-state index < -0.39 is 57.9 Å². The summed E-state index contributed by atoms with van der Waals surface area (Å²) >= 11 is 1.98. The summed E-state index contributed by atoms with van der Waals surface area (Å²) in [5, 5.41) is 23.6. The van der Waals surface area contributed by atoms with Crippen LogP contribution in [0.2, 0.25) is 0 Å². The number of halogens is 9. The molecular formula is C26H17F9N2O4PrS2. The van der Waals surface area contributed by atoms with E-state index in [0.717, 1.165) is 35.8 Å². The Bertz CT molecular complexity index is 1570. The second-order valence-corrected chi connectivity index (χ2v) is 10.6. The van der Waals surface area contributed by atoms with Crippen molar-refractivity contribution in [1.29, 1.82) is 0 Å². The molecule has 0 fully saturated rings. The average molecular weight is 797 g/mol. The number of carboxylic acids is 1. The van der Waals surface area contributed by atoms with Gasteiger partial charge in [0.15, 0.2) is 11.6 Å². The van der Waals surface area contributed by atoms with E-state index in [1.807, 2.05) is 0 Å². The summed E-state index contributed by atoms with van der Waals surface area (Å²) in [6, 6.07) is 6.22. The molecule has 3 aromatic carbocycles. The minimum Gasteiger partial charge on any atom is -0.504 e. The van der Waals surface area contributed by atoms with Crippen LogP contribution in [0.5, 0.6) is 11.5 Å². The van der Waals surface area contributed by atoms with Crippen molar-refractivity contribution in [3.63, 3.8) is 0 Å². The first-order valence-corrected chi connectivity index (χ1v) is 13.4. The molecule has 1 radical (unpaired) electrons. The summed E-state index contributed by atoms with van der Waals surface area (Å²) in [5.74, 6) is -4.58. The largest absolute Gasteiger partial charge is 0.504 e. The fraction of sp³-hybridized carbons (Fsp3) is 0.192. The smallest absolute Gasteiger partial charge is 0.435 e. The van der Waals surface area contributed by atoms with Crippen molar-refractivity contribution >= 4 is 35.4 Å². The molecule has 4 N–H and O–H groups in total. The monoisotopic (exact) mass is 797 g/mol. The van der Waals surface area contributed by atoms with Gasteiger partial charge in [-0.25, -0.2) is 18.0 Å². The number of alkyl halides is 7. The molecule has 4 rings (SSSR count). The summed E-state index contributed by atoms with van der Waals surface area (Å²) < 4.78 is 130. The zero-order chi connectivity index (χ0) is 31.9. The Morgan fingerprint density at radius 3 is 2.16 bits per heavy atom. The molecule has 0 aliphatic carbocycles. The van der Waals surface area contributed by atoms with Crippen molar-refractivity contribution in [2.24, 2.45) is 0 Å². The van der Waals surface area contributed by atoms with Crippen LogP contribution in [-0.2, 0) is 5.67 Å².